The number of hydrogen-bond donors (Lipinski definition) is 1. The zero-order valence-electron chi connectivity index (χ0n) is 21.0. The highest BCUT2D eigenvalue weighted by Gasteiger charge is 2.31. The van der Waals surface area contributed by atoms with E-state index < -0.39 is 28.0 Å². The van der Waals surface area contributed by atoms with Gasteiger partial charge in [0.1, 0.15) is 17.5 Å². The molecule has 1 N–H and O–H groups in total. The number of ether oxygens (including phenoxy) is 1. The summed E-state index contributed by atoms with van der Waals surface area (Å²) in [4.78, 5) is 13.5. The number of benzene rings is 4. The van der Waals surface area contributed by atoms with E-state index in [0.29, 0.717) is 17.2 Å². The first-order valence-corrected chi connectivity index (χ1v) is 13.8. The number of sulfonamides is 1. The van der Waals surface area contributed by atoms with E-state index in [1.165, 1.54) is 0 Å². The van der Waals surface area contributed by atoms with Gasteiger partial charge in [-0.1, -0.05) is 78.4 Å². The fourth-order valence-corrected chi connectivity index (χ4v) is 5.30. The van der Waals surface area contributed by atoms with Gasteiger partial charge in [-0.25, -0.2) is 8.42 Å². The maximum absolute atomic E-state index is 13.5. The molecule has 0 aliphatic rings. The van der Waals surface area contributed by atoms with E-state index in [2.05, 4.69) is 5.32 Å². The highest BCUT2D eigenvalue weighted by Crippen LogP contribution is 2.28. The number of nitrogens with one attached hydrogen (secondary N) is 1. The fourth-order valence-electron chi connectivity index (χ4n) is 4.12. The summed E-state index contributed by atoms with van der Waals surface area (Å²) in [5.41, 5.74) is 3.29. The Morgan fingerprint density at radius 2 is 1.27 bits per heavy atom. The standard InChI is InChI=1S/C30H30N2O4S/c1-22-14-16-25(17-15-22)29(24-10-6-4-7-11-24)31-30(33)23(2)32(37(3,34)35)26-18-20-28(21-19-26)36-27-12-8-5-9-13-27/h4-21,23,29H,1-3H3,(H,31,33)/t23-,29+/m0/s1. The van der Waals surface area contributed by atoms with Gasteiger partial charge in [0.15, 0.2) is 0 Å². The molecular formula is C30H30N2O4S. The molecule has 2 atom stereocenters. The van der Waals surface area contributed by atoms with Crippen LogP contribution in [0.3, 0.4) is 0 Å². The van der Waals surface area contributed by atoms with E-state index in [-0.39, 0.29) is 0 Å². The Bertz CT molecular complexity index is 1420. The van der Waals surface area contributed by atoms with Gasteiger partial charge in [-0.2, -0.15) is 0 Å². The van der Waals surface area contributed by atoms with Crippen molar-refractivity contribution in [1.29, 1.82) is 0 Å². The molecule has 1 amide bonds. The Labute approximate surface area is 218 Å². The van der Waals surface area contributed by atoms with Crippen LogP contribution in [0, 0.1) is 6.92 Å². The van der Waals surface area contributed by atoms with Crippen LogP contribution in [0.25, 0.3) is 0 Å². The van der Waals surface area contributed by atoms with E-state index in [1.807, 2.05) is 91.9 Å². The van der Waals surface area contributed by atoms with Crippen LogP contribution in [0.2, 0.25) is 0 Å². The molecule has 190 valence electrons. The monoisotopic (exact) mass is 514 g/mol. The molecule has 0 saturated carbocycles. The first kappa shape index (κ1) is 26.0. The van der Waals surface area contributed by atoms with Gasteiger partial charge < -0.3 is 10.1 Å². The Hall–Kier alpha value is -4.10. The minimum Gasteiger partial charge on any atom is -0.457 e. The molecule has 0 bridgehead atoms. The molecule has 0 heterocycles. The molecule has 4 aromatic rings. The average Bonchev–Trinajstić information content (AvgIpc) is 2.89. The third-order valence-electron chi connectivity index (χ3n) is 5.99. The SMILES string of the molecule is Cc1ccc([C@H](NC(=O)[C@H](C)N(c2ccc(Oc3ccccc3)cc2)S(C)(=O)=O)c2ccccc2)cc1. The number of hydrogen-bond acceptors (Lipinski definition) is 4. The normalized spacial score (nSPS) is 12.8. The van der Waals surface area contributed by atoms with E-state index in [1.54, 1.807) is 31.2 Å². The van der Waals surface area contributed by atoms with Crippen molar-refractivity contribution in [3.05, 3.63) is 126 Å². The Balaban J connectivity index is 1.59. The van der Waals surface area contributed by atoms with Gasteiger partial charge >= 0.3 is 0 Å². The van der Waals surface area contributed by atoms with Gasteiger partial charge in [-0.3, -0.25) is 9.10 Å². The summed E-state index contributed by atoms with van der Waals surface area (Å²) in [6.07, 6.45) is 1.10. The van der Waals surface area contributed by atoms with Crippen molar-refractivity contribution < 1.29 is 17.9 Å². The van der Waals surface area contributed by atoms with Crippen LogP contribution < -0.4 is 14.4 Å². The summed E-state index contributed by atoms with van der Waals surface area (Å²) in [7, 11) is -3.77. The van der Waals surface area contributed by atoms with Crippen LogP contribution in [0.15, 0.2) is 109 Å². The summed E-state index contributed by atoms with van der Waals surface area (Å²) in [5.74, 6) is 0.819. The maximum atomic E-state index is 13.5. The predicted octanol–water partition coefficient (Wildman–Crippen LogP) is 5.85. The Morgan fingerprint density at radius 1 is 0.757 bits per heavy atom. The summed E-state index contributed by atoms with van der Waals surface area (Å²) < 4.78 is 32.6. The highest BCUT2D eigenvalue weighted by atomic mass is 32.2. The van der Waals surface area contributed by atoms with Crippen molar-refractivity contribution >= 4 is 21.6 Å². The fraction of sp³-hybridized carbons (Fsp3) is 0.167. The van der Waals surface area contributed by atoms with Gasteiger partial charge in [0, 0.05) is 0 Å². The lowest BCUT2D eigenvalue weighted by atomic mass is 9.97. The molecule has 37 heavy (non-hydrogen) atoms. The largest absolute Gasteiger partial charge is 0.457 e. The zero-order valence-corrected chi connectivity index (χ0v) is 21.9. The summed E-state index contributed by atoms with van der Waals surface area (Å²) >= 11 is 0. The second-order valence-electron chi connectivity index (χ2n) is 8.91. The molecule has 6 nitrogen and oxygen atoms in total. The molecule has 0 aliphatic carbocycles. The molecule has 0 fully saturated rings. The number of nitrogens with zero attached hydrogens (tertiary/aromatic N) is 1. The molecule has 0 aliphatic heterocycles. The van der Waals surface area contributed by atoms with E-state index in [0.717, 1.165) is 27.3 Å². The van der Waals surface area contributed by atoms with Crippen LogP contribution in [-0.4, -0.2) is 26.6 Å². The van der Waals surface area contributed by atoms with Crippen molar-refractivity contribution in [2.24, 2.45) is 0 Å². The van der Waals surface area contributed by atoms with E-state index in [9.17, 15) is 13.2 Å². The van der Waals surface area contributed by atoms with Gasteiger partial charge in [-0.15, -0.1) is 0 Å². The first-order valence-electron chi connectivity index (χ1n) is 12.0. The molecule has 0 saturated heterocycles. The van der Waals surface area contributed by atoms with Crippen molar-refractivity contribution in [1.82, 2.24) is 5.32 Å². The maximum Gasteiger partial charge on any atom is 0.244 e. The summed E-state index contributed by atoms with van der Waals surface area (Å²) in [6, 6.07) is 32.1. The minimum absolute atomic E-state index is 0.372. The van der Waals surface area contributed by atoms with Crippen LogP contribution in [0.1, 0.15) is 29.7 Å². The lowest BCUT2D eigenvalue weighted by molar-refractivity contribution is -0.122. The van der Waals surface area contributed by atoms with Crippen LogP contribution in [-0.2, 0) is 14.8 Å². The van der Waals surface area contributed by atoms with Gasteiger partial charge in [0.2, 0.25) is 15.9 Å². The van der Waals surface area contributed by atoms with Crippen molar-refractivity contribution in [3.8, 4) is 11.5 Å². The number of rotatable bonds is 9. The number of aryl methyl sites for hydroxylation is 1. The third kappa shape index (κ3) is 6.57. The van der Waals surface area contributed by atoms with Crippen LogP contribution >= 0.6 is 0 Å². The highest BCUT2D eigenvalue weighted by molar-refractivity contribution is 7.92. The first-order chi connectivity index (χ1) is 17.7. The topological polar surface area (TPSA) is 75.7 Å². The molecule has 4 aromatic carbocycles. The predicted molar refractivity (Wildman–Crippen MR) is 147 cm³/mol. The van der Waals surface area contributed by atoms with E-state index >= 15 is 0 Å². The molecule has 0 aromatic heterocycles. The van der Waals surface area contributed by atoms with E-state index in [4.69, 9.17) is 4.74 Å². The second-order valence-corrected chi connectivity index (χ2v) is 10.8. The Morgan fingerprint density at radius 3 is 1.84 bits per heavy atom. The number of para-hydroxylation sites is 1. The van der Waals surface area contributed by atoms with Gasteiger partial charge in [0.25, 0.3) is 0 Å². The number of amides is 1. The molecule has 0 spiro atoms. The van der Waals surface area contributed by atoms with Crippen LogP contribution in [0.4, 0.5) is 5.69 Å². The van der Waals surface area contributed by atoms with Gasteiger partial charge in [0.05, 0.1) is 18.0 Å². The molecule has 4 rings (SSSR count). The lowest BCUT2D eigenvalue weighted by Gasteiger charge is -2.30. The summed E-state index contributed by atoms with van der Waals surface area (Å²) in [5, 5.41) is 3.07. The van der Waals surface area contributed by atoms with Crippen LogP contribution in [0.5, 0.6) is 11.5 Å². The minimum atomic E-state index is -3.77. The lowest BCUT2D eigenvalue weighted by Crippen LogP contribution is -2.48. The Kier molecular flexibility index (Phi) is 7.94. The second kappa shape index (κ2) is 11.3. The quantitative estimate of drug-likeness (QED) is 0.304. The molecule has 0 unspecified atom stereocenters. The number of anilines is 1. The third-order valence-corrected chi connectivity index (χ3v) is 7.23. The summed E-state index contributed by atoms with van der Waals surface area (Å²) in [6.45, 7) is 3.59. The average molecular weight is 515 g/mol. The van der Waals surface area contributed by atoms with Crippen molar-refractivity contribution in [3.63, 3.8) is 0 Å². The molecule has 7 heteroatoms. The number of carbonyl (C=O) groups is 1. The zero-order chi connectivity index (χ0) is 26.4. The molecule has 0 radical (unpaired) electrons. The molecular weight excluding hydrogens is 484 g/mol. The van der Waals surface area contributed by atoms with Crippen molar-refractivity contribution in [2.75, 3.05) is 10.6 Å². The van der Waals surface area contributed by atoms with Gasteiger partial charge in [-0.05, 0) is 61.4 Å². The van der Waals surface area contributed by atoms with Crippen molar-refractivity contribution in [2.45, 2.75) is 25.9 Å². The number of carbonyl (C=O) groups excluding carboxylic acids is 1. The smallest absolute Gasteiger partial charge is 0.244 e.